The second-order valence-corrected chi connectivity index (χ2v) is 12.3. The number of benzene rings is 1. The largest absolute Gasteiger partial charge is 0.508 e. The molecule has 1 saturated heterocycles. The van der Waals surface area contributed by atoms with E-state index in [2.05, 4.69) is 4.98 Å². The van der Waals surface area contributed by atoms with Gasteiger partial charge in [0, 0.05) is 21.6 Å². The summed E-state index contributed by atoms with van der Waals surface area (Å²) in [6, 6.07) is 5.91. The lowest BCUT2D eigenvalue weighted by Crippen LogP contribution is -2.49. The van der Waals surface area contributed by atoms with Gasteiger partial charge < -0.3 is 15.2 Å². The molecule has 3 heterocycles. The number of aromatic amines is 1. The molecule has 6 rings (SSSR count). The number of carboxylic acids is 1. The molecule has 2 aliphatic carbocycles. The Bertz CT molecular complexity index is 1280. The molecular weight excluding hydrogens is 476 g/mol. The third kappa shape index (κ3) is 2.78. The molecule has 3 fully saturated rings. The summed E-state index contributed by atoms with van der Waals surface area (Å²) in [4.78, 5) is 56.0. The standard InChI is InChI=1S/C24H24N2O6S2/c1-8(2)17(23(30)31)26-21(28)15-10-7-11(16(15)22(26)29)18-14(10)13(9-5-3-4-6-12(9)27)19-20(33-18)25-24(32)34-19/h3-6,8,10-11,13-18,27H,7H2,1-2H3,(H,25,32)(H,30,31)/t10?,11?,13-,14?,15?,16?,17?,18?/m1/s1. The van der Waals surface area contributed by atoms with E-state index in [9.17, 15) is 29.4 Å². The van der Waals surface area contributed by atoms with Crippen LogP contribution in [-0.2, 0) is 14.4 Å². The lowest BCUT2D eigenvalue weighted by molar-refractivity contribution is -0.157. The van der Waals surface area contributed by atoms with Crippen LogP contribution in [0.2, 0.25) is 0 Å². The quantitative estimate of drug-likeness (QED) is 0.551. The highest BCUT2D eigenvalue weighted by atomic mass is 32.2. The van der Waals surface area contributed by atoms with Crippen molar-refractivity contribution in [3.63, 3.8) is 0 Å². The van der Waals surface area contributed by atoms with Crippen molar-refractivity contribution in [1.29, 1.82) is 0 Å². The van der Waals surface area contributed by atoms with Crippen LogP contribution >= 0.6 is 23.1 Å². The van der Waals surface area contributed by atoms with Crippen molar-refractivity contribution in [2.45, 2.75) is 42.5 Å². The lowest BCUT2D eigenvalue weighted by Gasteiger charge is -2.43. The predicted octanol–water partition coefficient (Wildman–Crippen LogP) is 2.72. The van der Waals surface area contributed by atoms with Crippen LogP contribution in [0.5, 0.6) is 5.75 Å². The van der Waals surface area contributed by atoms with E-state index in [1.807, 2.05) is 12.1 Å². The molecule has 1 aromatic carbocycles. The number of phenolic OH excluding ortho intramolecular Hbond substituents is 1. The van der Waals surface area contributed by atoms with Crippen molar-refractivity contribution in [2.75, 3.05) is 0 Å². The van der Waals surface area contributed by atoms with Crippen LogP contribution < -0.4 is 4.87 Å². The third-order valence-electron chi connectivity index (χ3n) is 8.19. The first-order chi connectivity index (χ1) is 16.2. The second-order valence-electron chi connectivity index (χ2n) is 10.1. The number of H-pyrrole nitrogens is 1. The number of nitrogens with zero attached hydrogens (tertiary/aromatic N) is 1. The molecule has 4 aliphatic rings. The summed E-state index contributed by atoms with van der Waals surface area (Å²) in [5.41, 5.74) is 0.720. The molecule has 0 radical (unpaired) electrons. The molecule has 2 aromatic rings. The number of nitrogens with one attached hydrogen (secondary N) is 1. The lowest BCUT2D eigenvalue weighted by atomic mass is 9.68. The SMILES string of the molecule is CC(C)C(C(=O)O)N1C(=O)C2C3CC(C2C1=O)C1C3Sc2[nH]c(=O)sc2[C@@H]1c1ccccc1O. The van der Waals surface area contributed by atoms with E-state index in [0.717, 1.165) is 31.7 Å². The number of carbonyl (C=O) groups excluding carboxylic acids is 2. The smallest absolute Gasteiger partial charge is 0.327 e. The molecule has 2 amide bonds. The van der Waals surface area contributed by atoms with Gasteiger partial charge in [0.05, 0.1) is 16.9 Å². The number of para-hydroxylation sites is 1. The van der Waals surface area contributed by atoms with E-state index in [1.165, 1.54) is 0 Å². The number of hydrogen-bond acceptors (Lipinski definition) is 7. The first-order valence-electron chi connectivity index (χ1n) is 11.5. The molecule has 2 saturated carbocycles. The molecule has 34 heavy (non-hydrogen) atoms. The zero-order valence-electron chi connectivity index (χ0n) is 18.5. The van der Waals surface area contributed by atoms with Gasteiger partial charge in [-0.3, -0.25) is 19.3 Å². The number of rotatable bonds is 4. The van der Waals surface area contributed by atoms with Crippen LogP contribution in [0.4, 0.5) is 0 Å². The summed E-state index contributed by atoms with van der Waals surface area (Å²) >= 11 is 2.70. The Morgan fingerprint density at radius 3 is 2.44 bits per heavy atom. The average Bonchev–Trinajstić information content (AvgIpc) is 3.49. The minimum atomic E-state index is -1.17. The molecule has 2 bridgehead atoms. The average molecular weight is 501 g/mol. The number of phenols is 1. The summed E-state index contributed by atoms with van der Waals surface area (Å²) in [5.74, 6) is -3.75. The summed E-state index contributed by atoms with van der Waals surface area (Å²) in [6.07, 6.45) is 0.714. The summed E-state index contributed by atoms with van der Waals surface area (Å²) in [5, 5.41) is 21.3. The van der Waals surface area contributed by atoms with E-state index < -0.39 is 29.8 Å². The number of hydrogen-bond donors (Lipinski definition) is 3. The normalized spacial score (nSPS) is 34.3. The maximum Gasteiger partial charge on any atom is 0.327 e. The third-order valence-corrected chi connectivity index (χ3v) is 10.8. The molecule has 8 atom stereocenters. The number of carboxylic acid groups (broad SMARTS) is 1. The van der Waals surface area contributed by atoms with Crippen LogP contribution in [0.1, 0.15) is 36.6 Å². The monoisotopic (exact) mass is 500 g/mol. The van der Waals surface area contributed by atoms with Crippen LogP contribution in [0.15, 0.2) is 34.1 Å². The van der Waals surface area contributed by atoms with Gasteiger partial charge in [-0.1, -0.05) is 43.4 Å². The Morgan fingerprint density at radius 1 is 1.12 bits per heavy atom. The molecule has 1 aromatic heterocycles. The molecule has 10 heteroatoms. The van der Waals surface area contributed by atoms with Crippen molar-refractivity contribution < 1.29 is 24.6 Å². The minimum Gasteiger partial charge on any atom is -0.508 e. The van der Waals surface area contributed by atoms with Crippen molar-refractivity contribution in [2.24, 2.45) is 35.5 Å². The molecule has 2 aliphatic heterocycles. The van der Waals surface area contributed by atoms with Gasteiger partial charge >= 0.3 is 10.8 Å². The number of fused-ring (bicyclic) bond motifs is 9. The van der Waals surface area contributed by atoms with Crippen molar-refractivity contribution in [1.82, 2.24) is 9.88 Å². The van der Waals surface area contributed by atoms with Gasteiger partial charge in [0.2, 0.25) is 11.8 Å². The van der Waals surface area contributed by atoms with E-state index in [4.69, 9.17) is 0 Å². The van der Waals surface area contributed by atoms with Crippen LogP contribution in [-0.4, -0.2) is 49.2 Å². The minimum absolute atomic E-state index is 0.00682. The van der Waals surface area contributed by atoms with E-state index in [0.29, 0.717) is 6.42 Å². The topological polar surface area (TPSA) is 128 Å². The zero-order valence-corrected chi connectivity index (χ0v) is 20.1. The van der Waals surface area contributed by atoms with E-state index >= 15 is 0 Å². The predicted molar refractivity (Wildman–Crippen MR) is 125 cm³/mol. The van der Waals surface area contributed by atoms with Gasteiger partial charge in [0.15, 0.2) is 0 Å². The molecular formula is C24H24N2O6S2. The highest BCUT2D eigenvalue weighted by Crippen LogP contribution is 2.69. The van der Waals surface area contributed by atoms with E-state index in [-0.39, 0.29) is 51.4 Å². The number of aliphatic carboxylic acids is 1. The number of aromatic hydroxyl groups is 1. The summed E-state index contributed by atoms with van der Waals surface area (Å²) in [6.45, 7) is 3.42. The number of thiazole rings is 1. The molecule has 7 unspecified atom stereocenters. The number of likely N-dealkylation sites (tertiary alicyclic amines) is 1. The molecule has 3 N–H and O–H groups in total. The second kappa shape index (κ2) is 7.45. The first kappa shape index (κ1) is 21.9. The van der Waals surface area contributed by atoms with Gasteiger partial charge in [-0.2, -0.15) is 0 Å². The van der Waals surface area contributed by atoms with Gasteiger partial charge in [-0.05, 0) is 36.2 Å². The molecule has 8 nitrogen and oxygen atoms in total. The fourth-order valence-corrected chi connectivity index (χ4v) is 9.99. The number of carbonyl (C=O) groups is 3. The van der Waals surface area contributed by atoms with Crippen LogP contribution in [0, 0.1) is 35.5 Å². The number of thioether (sulfide) groups is 1. The molecule has 178 valence electrons. The molecule has 0 spiro atoms. The Labute approximate surface area is 203 Å². The maximum atomic E-state index is 13.6. The van der Waals surface area contributed by atoms with Gasteiger partial charge in [0.1, 0.15) is 11.8 Å². The summed E-state index contributed by atoms with van der Waals surface area (Å²) in [7, 11) is 0. The van der Waals surface area contributed by atoms with E-state index in [1.54, 1.807) is 37.7 Å². The van der Waals surface area contributed by atoms with Crippen LogP contribution in [0.25, 0.3) is 0 Å². The van der Waals surface area contributed by atoms with Crippen molar-refractivity contribution >= 4 is 40.9 Å². The number of aromatic nitrogens is 1. The highest BCUT2D eigenvalue weighted by Gasteiger charge is 2.70. The Balaban J connectivity index is 1.46. The Morgan fingerprint density at radius 2 is 1.79 bits per heavy atom. The zero-order chi connectivity index (χ0) is 24.0. The number of amides is 2. The Kier molecular flexibility index (Phi) is 4.80. The highest BCUT2D eigenvalue weighted by molar-refractivity contribution is 8.00. The first-order valence-corrected chi connectivity index (χ1v) is 13.2. The van der Waals surface area contributed by atoms with Crippen molar-refractivity contribution in [3.05, 3.63) is 44.4 Å². The summed E-state index contributed by atoms with van der Waals surface area (Å²) < 4.78 is 0. The van der Waals surface area contributed by atoms with Gasteiger partial charge in [-0.25, -0.2) is 4.79 Å². The number of imide groups is 1. The Hall–Kier alpha value is -2.59. The van der Waals surface area contributed by atoms with Gasteiger partial charge in [0.25, 0.3) is 0 Å². The fourth-order valence-electron chi connectivity index (χ4n) is 7.11. The fraction of sp³-hybridized carbons (Fsp3) is 0.500. The van der Waals surface area contributed by atoms with Crippen molar-refractivity contribution in [3.8, 4) is 5.75 Å². The van der Waals surface area contributed by atoms with Crippen LogP contribution in [0.3, 0.4) is 0 Å². The maximum absolute atomic E-state index is 13.6. The van der Waals surface area contributed by atoms with Gasteiger partial charge in [-0.15, -0.1) is 11.8 Å².